The molecule has 0 bridgehead atoms. The van der Waals surface area contributed by atoms with Crippen LogP contribution in [0.1, 0.15) is 78.1 Å². The third kappa shape index (κ3) is 15.2. The smallest absolute Gasteiger partial charge is 0.0169 e. The average molecular weight is 248 g/mol. The van der Waals surface area contributed by atoms with Crippen LogP contribution in [0.4, 0.5) is 0 Å². The summed E-state index contributed by atoms with van der Waals surface area (Å²) in [6.45, 7) is 4.44. The number of allylic oxidation sites excluding steroid dienone is 6. The Morgan fingerprint density at radius 1 is 0.556 bits per heavy atom. The first-order valence-corrected chi connectivity index (χ1v) is 7.86. The lowest BCUT2D eigenvalue weighted by Gasteiger charge is -1.97. The van der Waals surface area contributed by atoms with Crippen molar-refractivity contribution in [1.29, 1.82) is 0 Å². The first-order chi connectivity index (χ1) is 8.91. The maximum Gasteiger partial charge on any atom is -0.0169 e. The number of rotatable bonds is 12. The van der Waals surface area contributed by atoms with Crippen LogP contribution in [0, 0.1) is 0 Å². The zero-order valence-electron chi connectivity index (χ0n) is 12.5. The Balaban J connectivity index is 3.20. The molecule has 0 rings (SSSR count). The molecular formula is C18H32. The van der Waals surface area contributed by atoms with E-state index < -0.39 is 0 Å². The Morgan fingerprint density at radius 3 is 1.78 bits per heavy atom. The van der Waals surface area contributed by atoms with Gasteiger partial charge in [-0.15, -0.1) is 0 Å². The van der Waals surface area contributed by atoms with Crippen molar-refractivity contribution in [3.05, 3.63) is 36.5 Å². The zero-order valence-corrected chi connectivity index (χ0v) is 12.5. The average Bonchev–Trinajstić information content (AvgIpc) is 2.39. The fourth-order valence-electron chi connectivity index (χ4n) is 1.87. The largest absolute Gasteiger partial charge is 0.0885 e. The molecule has 0 heteroatoms. The quantitative estimate of drug-likeness (QED) is 0.270. The predicted octanol–water partition coefficient (Wildman–Crippen LogP) is 6.60. The van der Waals surface area contributed by atoms with Crippen molar-refractivity contribution in [2.24, 2.45) is 0 Å². The van der Waals surface area contributed by atoms with Crippen molar-refractivity contribution in [2.45, 2.75) is 78.1 Å². The summed E-state index contributed by atoms with van der Waals surface area (Å²) in [7, 11) is 0. The standard InChI is InChI=1S/C18H32/c1-3-5-7-9-11-13-15-17-18-16-14-12-10-8-6-4-2/h5,7,11,13,17-18H,3-4,6,8-10,12,14-16H2,1-2H3/b7-5?,13-11+,18-17+. The molecule has 0 radical (unpaired) electrons. The van der Waals surface area contributed by atoms with Gasteiger partial charge in [-0.2, -0.15) is 0 Å². The van der Waals surface area contributed by atoms with Gasteiger partial charge in [0.1, 0.15) is 0 Å². The SMILES string of the molecule is CCC=CC/C=C/C/C=C/CCCCCCCC. The fourth-order valence-corrected chi connectivity index (χ4v) is 1.87. The van der Waals surface area contributed by atoms with Gasteiger partial charge in [0.2, 0.25) is 0 Å². The highest BCUT2D eigenvalue weighted by molar-refractivity contribution is 4.96. The van der Waals surface area contributed by atoms with E-state index in [9.17, 15) is 0 Å². The lowest BCUT2D eigenvalue weighted by molar-refractivity contribution is 0.611. The molecule has 0 aromatic rings. The molecule has 0 aliphatic carbocycles. The maximum absolute atomic E-state index is 2.34. The summed E-state index contributed by atoms with van der Waals surface area (Å²) in [6.07, 6.45) is 26.6. The Kier molecular flexibility index (Phi) is 15.5. The predicted molar refractivity (Wildman–Crippen MR) is 84.9 cm³/mol. The minimum absolute atomic E-state index is 1.08. The van der Waals surface area contributed by atoms with Gasteiger partial charge in [0, 0.05) is 0 Å². The summed E-state index contributed by atoms with van der Waals surface area (Å²) in [5.74, 6) is 0. The van der Waals surface area contributed by atoms with Crippen LogP contribution in [0.3, 0.4) is 0 Å². The van der Waals surface area contributed by atoms with E-state index in [-0.39, 0.29) is 0 Å². The molecule has 0 nitrogen and oxygen atoms in total. The molecule has 0 aromatic carbocycles. The maximum atomic E-state index is 2.34. The molecule has 0 aromatic heterocycles. The summed E-state index contributed by atoms with van der Waals surface area (Å²) < 4.78 is 0. The highest BCUT2D eigenvalue weighted by atomic mass is 13.9. The Bertz CT molecular complexity index is 220. The summed E-state index contributed by atoms with van der Waals surface area (Å²) >= 11 is 0. The van der Waals surface area contributed by atoms with Crippen LogP contribution in [-0.4, -0.2) is 0 Å². The minimum Gasteiger partial charge on any atom is -0.0885 e. The van der Waals surface area contributed by atoms with Crippen LogP contribution in [0.5, 0.6) is 0 Å². The Labute approximate surface area is 115 Å². The Morgan fingerprint density at radius 2 is 1.11 bits per heavy atom. The molecule has 0 spiro atoms. The van der Waals surface area contributed by atoms with Crippen molar-refractivity contribution >= 4 is 0 Å². The van der Waals surface area contributed by atoms with Gasteiger partial charge in [0.25, 0.3) is 0 Å². The van der Waals surface area contributed by atoms with E-state index in [4.69, 9.17) is 0 Å². The number of unbranched alkanes of at least 4 members (excludes halogenated alkanes) is 6. The lowest BCUT2D eigenvalue weighted by atomic mass is 10.1. The second-order valence-electron chi connectivity index (χ2n) is 4.85. The van der Waals surface area contributed by atoms with Crippen LogP contribution in [0.15, 0.2) is 36.5 Å². The minimum atomic E-state index is 1.08. The fraction of sp³-hybridized carbons (Fsp3) is 0.667. The first kappa shape index (κ1) is 17.2. The monoisotopic (exact) mass is 248 g/mol. The normalized spacial score (nSPS) is 12.3. The second-order valence-corrected chi connectivity index (χ2v) is 4.85. The highest BCUT2D eigenvalue weighted by Gasteiger charge is 1.87. The van der Waals surface area contributed by atoms with Gasteiger partial charge >= 0.3 is 0 Å². The van der Waals surface area contributed by atoms with Crippen LogP contribution >= 0.6 is 0 Å². The molecule has 0 saturated heterocycles. The molecule has 0 amide bonds. The van der Waals surface area contributed by atoms with Crippen molar-refractivity contribution < 1.29 is 0 Å². The lowest BCUT2D eigenvalue weighted by Crippen LogP contribution is -1.77. The third-order valence-corrected chi connectivity index (χ3v) is 3.00. The van der Waals surface area contributed by atoms with E-state index in [1.54, 1.807) is 0 Å². The van der Waals surface area contributed by atoms with E-state index in [1.807, 2.05) is 0 Å². The first-order valence-electron chi connectivity index (χ1n) is 7.86. The molecule has 0 heterocycles. The summed E-state index contributed by atoms with van der Waals surface area (Å²) in [5.41, 5.74) is 0. The van der Waals surface area contributed by atoms with E-state index in [2.05, 4.69) is 50.3 Å². The van der Waals surface area contributed by atoms with E-state index in [1.165, 1.54) is 44.9 Å². The van der Waals surface area contributed by atoms with Crippen LogP contribution in [0.25, 0.3) is 0 Å². The van der Waals surface area contributed by atoms with Gasteiger partial charge in [0.15, 0.2) is 0 Å². The summed E-state index contributed by atoms with van der Waals surface area (Å²) in [6, 6.07) is 0. The van der Waals surface area contributed by atoms with Gasteiger partial charge in [-0.25, -0.2) is 0 Å². The molecular weight excluding hydrogens is 216 g/mol. The molecule has 0 unspecified atom stereocenters. The van der Waals surface area contributed by atoms with Crippen molar-refractivity contribution in [3.8, 4) is 0 Å². The zero-order chi connectivity index (χ0) is 13.3. The summed E-state index contributed by atoms with van der Waals surface area (Å²) in [4.78, 5) is 0. The van der Waals surface area contributed by atoms with Crippen LogP contribution in [0.2, 0.25) is 0 Å². The molecule has 104 valence electrons. The molecule has 18 heavy (non-hydrogen) atoms. The van der Waals surface area contributed by atoms with Crippen LogP contribution in [-0.2, 0) is 0 Å². The van der Waals surface area contributed by atoms with Crippen molar-refractivity contribution in [2.75, 3.05) is 0 Å². The highest BCUT2D eigenvalue weighted by Crippen LogP contribution is 2.07. The van der Waals surface area contributed by atoms with Gasteiger partial charge in [-0.1, -0.05) is 82.4 Å². The van der Waals surface area contributed by atoms with E-state index >= 15 is 0 Å². The second kappa shape index (κ2) is 16.2. The van der Waals surface area contributed by atoms with Crippen LogP contribution < -0.4 is 0 Å². The topological polar surface area (TPSA) is 0 Å². The summed E-state index contributed by atoms with van der Waals surface area (Å²) in [5, 5.41) is 0. The molecule has 0 aliphatic heterocycles. The number of hydrogen-bond acceptors (Lipinski definition) is 0. The Hall–Kier alpha value is -0.780. The third-order valence-electron chi connectivity index (χ3n) is 3.00. The molecule has 0 atom stereocenters. The molecule has 0 aliphatic rings. The van der Waals surface area contributed by atoms with Gasteiger partial charge < -0.3 is 0 Å². The van der Waals surface area contributed by atoms with Gasteiger partial charge in [-0.3, -0.25) is 0 Å². The van der Waals surface area contributed by atoms with Crippen molar-refractivity contribution in [1.82, 2.24) is 0 Å². The van der Waals surface area contributed by atoms with E-state index in [0.29, 0.717) is 0 Å². The number of hydrogen-bond donors (Lipinski definition) is 0. The van der Waals surface area contributed by atoms with Crippen molar-refractivity contribution in [3.63, 3.8) is 0 Å². The molecule has 0 N–H and O–H groups in total. The van der Waals surface area contributed by atoms with E-state index in [0.717, 1.165) is 19.3 Å². The van der Waals surface area contributed by atoms with Gasteiger partial charge in [-0.05, 0) is 32.1 Å². The molecule has 0 fully saturated rings. The molecule has 0 saturated carbocycles. The van der Waals surface area contributed by atoms with Gasteiger partial charge in [0.05, 0.1) is 0 Å².